The van der Waals surface area contributed by atoms with Gasteiger partial charge in [0.25, 0.3) is 0 Å². The third-order valence-electron chi connectivity index (χ3n) is 3.93. The summed E-state index contributed by atoms with van der Waals surface area (Å²) in [5.41, 5.74) is 7.43. The summed E-state index contributed by atoms with van der Waals surface area (Å²) in [5, 5.41) is 4.51. The Bertz CT molecular complexity index is 519. The molecule has 1 saturated heterocycles. The van der Waals surface area contributed by atoms with Crippen molar-refractivity contribution in [2.75, 3.05) is 13.1 Å². The molecule has 0 bridgehead atoms. The van der Waals surface area contributed by atoms with Crippen LogP contribution in [-0.2, 0) is 11.2 Å². The van der Waals surface area contributed by atoms with Crippen LogP contribution in [0.3, 0.4) is 0 Å². The first-order valence-electron chi connectivity index (χ1n) is 8.06. The lowest BCUT2D eigenvalue weighted by Gasteiger charge is -2.29. The molecule has 0 radical (unpaired) electrons. The lowest BCUT2D eigenvalue weighted by atomic mass is 10.1. The monoisotopic (exact) mass is 308 g/mol. The van der Waals surface area contributed by atoms with Crippen LogP contribution in [0.1, 0.15) is 57.5 Å². The van der Waals surface area contributed by atoms with Gasteiger partial charge in [0.2, 0.25) is 0 Å². The van der Waals surface area contributed by atoms with Crippen LogP contribution in [0.2, 0.25) is 0 Å². The third-order valence-corrected chi connectivity index (χ3v) is 3.93. The Hall–Kier alpha value is -1.56. The Labute approximate surface area is 132 Å². The van der Waals surface area contributed by atoms with E-state index in [2.05, 4.69) is 12.0 Å². The number of aryl methyl sites for hydroxylation is 1. The molecule has 1 aliphatic heterocycles. The largest absolute Gasteiger partial charge is 0.444 e. The van der Waals surface area contributed by atoms with Gasteiger partial charge >= 0.3 is 6.09 Å². The summed E-state index contributed by atoms with van der Waals surface area (Å²) in [6.45, 7) is 9.12. The van der Waals surface area contributed by atoms with Crippen molar-refractivity contribution in [2.24, 2.45) is 5.73 Å². The first-order valence-corrected chi connectivity index (χ1v) is 8.06. The van der Waals surface area contributed by atoms with Crippen LogP contribution in [0, 0.1) is 6.92 Å². The number of carbonyl (C=O) groups excluding carboxylic acids is 1. The van der Waals surface area contributed by atoms with Crippen molar-refractivity contribution < 1.29 is 9.53 Å². The highest BCUT2D eigenvalue weighted by Gasteiger charge is 2.34. The molecule has 2 heterocycles. The normalized spacial score (nSPS) is 18.8. The summed E-state index contributed by atoms with van der Waals surface area (Å²) < 4.78 is 7.48. The fourth-order valence-corrected chi connectivity index (χ4v) is 2.83. The van der Waals surface area contributed by atoms with Gasteiger partial charge < -0.3 is 10.5 Å². The lowest BCUT2D eigenvalue weighted by Crippen LogP contribution is -2.38. The molecule has 1 aromatic rings. The van der Waals surface area contributed by atoms with E-state index in [0.717, 1.165) is 37.9 Å². The molecular weight excluding hydrogens is 280 g/mol. The second-order valence-corrected chi connectivity index (χ2v) is 6.89. The summed E-state index contributed by atoms with van der Waals surface area (Å²) in [6, 6.07) is 0. The molecule has 0 aromatic carbocycles. The number of aromatic nitrogens is 2. The molecule has 1 aliphatic rings. The van der Waals surface area contributed by atoms with E-state index in [4.69, 9.17) is 10.5 Å². The van der Waals surface area contributed by atoms with Gasteiger partial charge in [-0.3, -0.25) is 4.90 Å². The number of ether oxygens (including phenoxy) is 1. The minimum absolute atomic E-state index is 0.0403. The highest BCUT2D eigenvalue weighted by molar-refractivity contribution is 5.68. The molecule has 6 nitrogen and oxygen atoms in total. The second-order valence-electron chi connectivity index (χ2n) is 6.89. The summed E-state index contributed by atoms with van der Waals surface area (Å²) >= 11 is 0. The van der Waals surface area contributed by atoms with Gasteiger partial charge in [-0.25, -0.2) is 9.48 Å². The number of amides is 1. The van der Waals surface area contributed by atoms with E-state index < -0.39 is 5.60 Å². The van der Waals surface area contributed by atoms with Crippen LogP contribution in [0.15, 0.2) is 6.20 Å². The van der Waals surface area contributed by atoms with Crippen molar-refractivity contribution in [2.45, 2.75) is 65.1 Å². The fraction of sp³-hybridized carbons (Fsp3) is 0.750. The Morgan fingerprint density at radius 1 is 1.50 bits per heavy atom. The molecule has 2 N–H and O–H groups in total. The van der Waals surface area contributed by atoms with Gasteiger partial charge in [-0.1, -0.05) is 0 Å². The molecule has 2 rings (SSSR count). The number of hydrogen-bond acceptors (Lipinski definition) is 4. The molecule has 0 spiro atoms. The Balaban J connectivity index is 2.13. The SMILES string of the molecule is Cc1c(CCCN)cnn1C1CCCN1C(=O)OC(C)(C)C. The highest BCUT2D eigenvalue weighted by Crippen LogP contribution is 2.30. The molecule has 1 atom stereocenters. The maximum atomic E-state index is 12.4. The Morgan fingerprint density at radius 3 is 2.86 bits per heavy atom. The molecule has 22 heavy (non-hydrogen) atoms. The van der Waals surface area contributed by atoms with Crippen molar-refractivity contribution in [3.05, 3.63) is 17.5 Å². The lowest BCUT2D eigenvalue weighted by molar-refractivity contribution is 0.0147. The van der Waals surface area contributed by atoms with Gasteiger partial charge in [0, 0.05) is 12.2 Å². The van der Waals surface area contributed by atoms with E-state index in [1.807, 2.05) is 31.6 Å². The maximum absolute atomic E-state index is 12.4. The first kappa shape index (κ1) is 16.8. The van der Waals surface area contributed by atoms with Crippen molar-refractivity contribution in [1.82, 2.24) is 14.7 Å². The van der Waals surface area contributed by atoms with E-state index in [1.54, 1.807) is 4.90 Å². The van der Waals surface area contributed by atoms with Gasteiger partial charge in [-0.05, 0) is 65.5 Å². The summed E-state index contributed by atoms with van der Waals surface area (Å²) in [7, 11) is 0. The molecule has 0 saturated carbocycles. The minimum Gasteiger partial charge on any atom is -0.444 e. The van der Waals surface area contributed by atoms with Crippen molar-refractivity contribution in [3.8, 4) is 0 Å². The van der Waals surface area contributed by atoms with Crippen LogP contribution >= 0.6 is 0 Å². The van der Waals surface area contributed by atoms with E-state index in [0.29, 0.717) is 6.54 Å². The van der Waals surface area contributed by atoms with Crippen molar-refractivity contribution in [3.63, 3.8) is 0 Å². The third kappa shape index (κ3) is 3.80. The maximum Gasteiger partial charge on any atom is 0.411 e. The number of rotatable bonds is 4. The van der Waals surface area contributed by atoms with E-state index in [9.17, 15) is 4.79 Å². The predicted octanol–water partition coefficient (Wildman–Crippen LogP) is 2.61. The smallest absolute Gasteiger partial charge is 0.411 e. The number of carbonyl (C=O) groups is 1. The molecule has 1 amide bonds. The minimum atomic E-state index is -0.477. The molecule has 1 fully saturated rings. The molecule has 1 unspecified atom stereocenters. The Kier molecular flexibility index (Phi) is 5.11. The van der Waals surface area contributed by atoms with Crippen LogP contribution < -0.4 is 5.73 Å². The zero-order valence-corrected chi connectivity index (χ0v) is 14.1. The molecule has 1 aromatic heterocycles. The summed E-state index contributed by atoms with van der Waals surface area (Å²) in [5.74, 6) is 0. The number of nitrogens with zero attached hydrogens (tertiary/aromatic N) is 3. The zero-order chi connectivity index (χ0) is 16.3. The molecule has 6 heteroatoms. The highest BCUT2D eigenvalue weighted by atomic mass is 16.6. The zero-order valence-electron chi connectivity index (χ0n) is 14.1. The molecular formula is C16H28N4O2. The van der Waals surface area contributed by atoms with Crippen molar-refractivity contribution in [1.29, 1.82) is 0 Å². The number of hydrogen-bond donors (Lipinski definition) is 1. The van der Waals surface area contributed by atoms with Crippen LogP contribution in [0.4, 0.5) is 4.79 Å². The number of nitrogens with two attached hydrogens (primary N) is 1. The van der Waals surface area contributed by atoms with Gasteiger partial charge in [0.1, 0.15) is 11.8 Å². The van der Waals surface area contributed by atoms with Crippen molar-refractivity contribution >= 4 is 6.09 Å². The fourth-order valence-electron chi connectivity index (χ4n) is 2.83. The van der Waals surface area contributed by atoms with Gasteiger partial charge in [-0.2, -0.15) is 5.10 Å². The van der Waals surface area contributed by atoms with Crippen LogP contribution in [0.25, 0.3) is 0 Å². The van der Waals surface area contributed by atoms with Crippen LogP contribution in [0.5, 0.6) is 0 Å². The van der Waals surface area contributed by atoms with E-state index >= 15 is 0 Å². The molecule has 124 valence electrons. The predicted molar refractivity (Wildman–Crippen MR) is 85.6 cm³/mol. The second kappa shape index (κ2) is 6.69. The van der Waals surface area contributed by atoms with E-state index in [-0.39, 0.29) is 12.3 Å². The van der Waals surface area contributed by atoms with Gasteiger partial charge in [0.05, 0.1) is 6.20 Å². The average molecular weight is 308 g/mol. The van der Waals surface area contributed by atoms with E-state index in [1.165, 1.54) is 5.56 Å². The summed E-state index contributed by atoms with van der Waals surface area (Å²) in [4.78, 5) is 14.2. The van der Waals surface area contributed by atoms with Crippen LogP contribution in [-0.4, -0.2) is 39.5 Å². The van der Waals surface area contributed by atoms with Gasteiger partial charge in [-0.15, -0.1) is 0 Å². The summed E-state index contributed by atoms with van der Waals surface area (Å²) in [6.07, 6.45) is 5.37. The number of likely N-dealkylation sites (tertiary alicyclic amines) is 1. The van der Waals surface area contributed by atoms with Gasteiger partial charge in [0.15, 0.2) is 0 Å². The Morgan fingerprint density at radius 2 is 2.23 bits per heavy atom. The average Bonchev–Trinajstić information content (AvgIpc) is 3.01. The quantitative estimate of drug-likeness (QED) is 0.928. The molecule has 0 aliphatic carbocycles. The first-order chi connectivity index (χ1) is 10.3. The standard InChI is InChI=1S/C16H28N4O2/c1-12-13(7-5-9-17)11-18-20(12)14-8-6-10-19(14)15(21)22-16(2,3)4/h11,14H,5-10,17H2,1-4H3. The topological polar surface area (TPSA) is 73.4 Å².